The summed E-state index contributed by atoms with van der Waals surface area (Å²) in [4.78, 5) is 26.8. The highest BCUT2D eigenvalue weighted by molar-refractivity contribution is 5.94. The standard InChI is InChI=1S/C26H29N3O4/c1-29(2)24(19-8-5-4-6-9-19)17-27-26(31)20-12-14-22(15-13-20)33-18-25(30)28-21-10-7-11-23(16-21)32-3/h4-16,24H,17-18H2,1-3H3,(H,27,31)(H,28,30). The fraction of sp³-hybridized carbons (Fsp3) is 0.231. The topological polar surface area (TPSA) is 79.9 Å². The second kappa shape index (κ2) is 11.7. The molecule has 3 aromatic carbocycles. The summed E-state index contributed by atoms with van der Waals surface area (Å²) in [6, 6.07) is 23.9. The molecule has 0 heterocycles. The first-order valence-electron chi connectivity index (χ1n) is 10.6. The molecule has 0 aromatic heterocycles. The van der Waals surface area contributed by atoms with Gasteiger partial charge in [0.1, 0.15) is 11.5 Å². The summed E-state index contributed by atoms with van der Waals surface area (Å²) in [7, 11) is 5.54. The number of nitrogens with one attached hydrogen (secondary N) is 2. The van der Waals surface area contributed by atoms with Crippen LogP contribution in [-0.2, 0) is 4.79 Å². The minimum absolute atomic E-state index is 0.0702. The molecule has 3 rings (SSSR count). The Bertz CT molecular complexity index is 1050. The fourth-order valence-corrected chi connectivity index (χ4v) is 3.31. The van der Waals surface area contributed by atoms with Crippen LogP contribution in [0.15, 0.2) is 78.9 Å². The number of carbonyl (C=O) groups is 2. The Morgan fingerprint density at radius 1 is 0.909 bits per heavy atom. The molecule has 0 fully saturated rings. The molecule has 0 saturated heterocycles. The zero-order valence-corrected chi connectivity index (χ0v) is 19.1. The quantitative estimate of drug-likeness (QED) is 0.495. The molecular formula is C26H29N3O4. The molecule has 1 unspecified atom stereocenters. The number of amides is 2. The number of anilines is 1. The molecule has 0 radical (unpaired) electrons. The summed E-state index contributed by atoms with van der Waals surface area (Å²) >= 11 is 0. The molecule has 1 atom stereocenters. The van der Waals surface area contributed by atoms with Crippen molar-refractivity contribution in [2.45, 2.75) is 6.04 Å². The number of carbonyl (C=O) groups excluding carboxylic acids is 2. The first kappa shape index (κ1) is 23.8. The number of hydrogen-bond acceptors (Lipinski definition) is 5. The minimum atomic E-state index is -0.291. The van der Waals surface area contributed by atoms with Crippen LogP contribution in [0.3, 0.4) is 0 Å². The summed E-state index contributed by atoms with van der Waals surface area (Å²) in [6.07, 6.45) is 0. The maximum Gasteiger partial charge on any atom is 0.262 e. The summed E-state index contributed by atoms with van der Waals surface area (Å²) in [5, 5.41) is 5.74. The summed E-state index contributed by atoms with van der Waals surface area (Å²) in [5.41, 5.74) is 2.29. The van der Waals surface area contributed by atoms with Gasteiger partial charge in [-0.15, -0.1) is 0 Å². The van der Waals surface area contributed by atoms with E-state index in [4.69, 9.17) is 9.47 Å². The van der Waals surface area contributed by atoms with Crippen molar-refractivity contribution in [2.24, 2.45) is 0 Å². The zero-order valence-electron chi connectivity index (χ0n) is 19.1. The number of benzene rings is 3. The molecule has 2 N–H and O–H groups in total. The van der Waals surface area contributed by atoms with Gasteiger partial charge in [-0.2, -0.15) is 0 Å². The van der Waals surface area contributed by atoms with Gasteiger partial charge in [-0.05, 0) is 56.1 Å². The highest BCUT2D eigenvalue weighted by atomic mass is 16.5. The van der Waals surface area contributed by atoms with Crippen molar-refractivity contribution in [1.29, 1.82) is 0 Å². The molecule has 7 nitrogen and oxygen atoms in total. The van der Waals surface area contributed by atoms with Crippen LogP contribution in [0, 0.1) is 0 Å². The first-order chi connectivity index (χ1) is 16.0. The van der Waals surface area contributed by atoms with Crippen molar-refractivity contribution in [1.82, 2.24) is 10.2 Å². The molecule has 3 aromatic rings. The predicted octanol–water partition coefficient (Wildman–Crippen LogP) is 3.75. The molecule has 2 amide bonds. The maximum absolute atomic E-state index is 12.6. The van der Waals surface area contributed by atoms with E-state index in [0.717, 1.165) is 5.56 Å². The fourth-order valence-electron chi connectivity index (χ4n) is 3.31. The minimum Gasteiger partial charge on any atom is -0.497 e. The maximum atomic E-state index is 12.6. The molecule has 0 aliphatic rings. The van der Waals surface area contributed by atoms with Gasteiger partial charge in [0.05, 0.1) is 13.2 Å². The van der Waals surface area contributed by atoms with E-state index in [1.54, 1.807) is 55.6 Å². The van der Waals surface area contributed by atoms with Crippen molar-refractivity contribution in [3.05, 3.63) is 90.0 Å². The molecule has 0 saturated carbocycles. The van der Waals surface area contributed by atoms with Crippen molar-refractivity contribution in [2.75, 3.05) is 39.7 Å². The Balaban J connectivity index is 1.49. The number of ether oxygens (including phenoxy) is 2. The lowest BCUT2D eigenvalue weighted by molar-refractivity contribution is -0.118. The monoisotopic (exact) mass is 447 g/mol. The Morgan fingerprint density at radius 3 is 2.30 bits per heavy atom. The smallest absolute Gasteiger partial charge is 0.262 e. The van der Waals surface area contributed by atoms with Crippen LogP contribution in [0.25, 0.3) is 0 Å². The second-order valence-electron chi connectivity index (χ2n) is 7.69. The van der Waals surface area contributed by atoms with Crippen LogP contribution in [0.2, 0.25) is 0 Å². The van der Waals surface area contributed by atoms with E-state index in [1.165, 1.54) is 0 Å². The van der Waals surface area contributed by atoms with Crippen LogP contribution >= 0.6 is 0 Å². The van der Waals surface area contributed by atoms with Gasteiger partial charge in [0.25, 0.3) is 11.8 Å². The van der Waals surface area contributed by atoms with E-state index in [2.05, 4.69) is 15.5 Å². The molecule has 0 aliphatic carbocycles. The largest absolute Gasteiger partial charge is 0.497 e. The van der Waals surface area contributed by atoms with Crippen molar-refractivity contribution in [3.8, 4) is 11.5 Å². The van der Waals surface area contributed by atoms with E-state index in [1.807, 2.05) is 44.4 Å². The van der Waals surface area contributed by atoms with Crippen molar-refractivity contribution < 1.29 is 19.1 Å². The van der Waals surface area contributed by atoms with Crippen LogP contribution in [-0.4, -0.2) is 51.1 Å². The second-order valence-corrected chi connectivity index (χ2v) is 7.69. The van der Waals surface area contributed by atoms with Crippen LogP contribution in [0.1, 0.15) is 22.0 Å². The number of hydrogen-bond donors (Lipinski definition) is 2. The first-order valence-corrected chi connectivity index (χ1v) is 10.6. The van der Waals surface area contributed by atoms with E-state index in [0.29, 0.717) is 29.3 Å². The van der Waals surface area contributed by atoms with E-state index in [9.17, 15) is 9.59 Å². The predicted molar refractivity (Wildman–Crippen MR) is 129 cm³/mol. The third-order valence-corrected chi connectivity index (χ3v) is 5.10. The third kappa shape index (κ3) is 7.08. The van der Waals surface area contributed by atoms with Gasteiger partial charge in [0, 0.05) is 23.9 Å². The van der Waals surface area contributed by atoms with Crippen LogP contribution in [0.4, 0.5) is 5.69 Å². The molecule has 33 heavy (non-hydrogen) atoms. The molecule has 0 aliphatic heterocycles. The van der Waals surface area contributed by atoms with Gasteiger partial charge in [0.2, 0.25) is 0 Å². The van der Waals surface area contributed by atoms with E-state index < -0.39 is 0 Å². The average Bonchev–Trinajstić information content (AvgIpc) is 2.83. The van der Waals surface area contributed by atoms with Gasteiger partial charge in [-0.3, -0.25) is 9.59 Å². The third-order valence-electron chi connectivity index (χ3n) is 5.10. The Morgan fingerprint density at radius 2 is 1.64 bits per heavy atom. The summed E-state index contributed by atoms with van der Waals surface area (Å²) < 4.78 is 10.7. The normalized spacial score (nSPS) is 11.5. The average molecular weight is 448 g/mol. The van der Waals surface area contributed by atoms with Crippen LogP contribution < -0.4 is 20.1 Å². The lowest BCUT2D eigenvalue weighted by atomic mass is 10.1. The number of likely N-dealkylation sites (N-methyl/N-ethyl adjacent to an activating group) is 1. The van der Waals surface area contributed by atoms with Gasteiger partial charge in [-0.25, -0.2) is 0 Å². The number of methoxy groups -OCH3 is 1. The Labute approximate surface area is 194 Å². The van der Waals surface area contributed by atoms with Gasteiger partial charge >= 0.3 is 0 Å². The number of rotatable bonds is 10. The van der Waals surface area contributed by atoms with Gasteiger partial charge in [-0.1, -0.05) is 36.4 Å². The van der Waals surface area contributed by atoms with Crippen LogP contribution in [0.5, 0.6) is 11.5 Å². The highest BCUT2D eigenvalue weighted by Crippen LogP contribution is 2.18. The lowest BCUT2D eigenvalue weighted by Crippen LogP contribution is -2.34. The molecular weight excluding hydrogens is 418 g/mol. The SMILES string of the molecule is COc1cccc(NC(=O)COc2ccc(C(=O)NCC(c3ccccc3)N(C)C)cc2)c1. The van der Waals surface area contributed by atoms with Gasteiger partial charge < -0.3 is 25.0 Å². The summed E-state index contributed by atoms with van der Waals surface area (Å²) in [6.45, 7) is 0.336. The van der Waals surface area contributed by atoms with Crippen molar-refractivity contribution >= 4 is 17.5 Å². The van der Waals surface area contributed by atoms with Gasteiger partial charge in [0.15, 0.2) is 6.61 Å². The molecule has 0 bridgehead atoms. The highest BCUT2D eigenvalue weighted by Gasteiger charge is 2.15. The number of nitrogens with zero attached hydrogens (tertiary/aromatic N) is 1. The molecule has 7 heteroatoms. The lowest BCUT2D eigenvalue weighted by Gasteiger charge is -2.25. The molecule has 172 valence electrons. The molecule has 0 spiro atoms. The zero-order chi connectivity index (χ0) is 23.6. The van der Waals surface area contributed by atoms with E-state index >= 15 is 0 Å². The van der Waals surface area contributed by atoms with Crippen molar-refractivity contribution in [3.63, 3.8) is 0 Å². The Hall–Kier alpha value is -3.84. The Kier molecular flexibility index (Phi) is 8.43. The summed E-state index contributed by atoms with van der Waals surface area (Å²) in [5.74, 6) is 0.701. The van der Waals surface area contributed by atoms with E-state index in [-0.39, 0.29) is 24.5 Å².